The summed E-state index contributed by atoms with van der Waals surface area (Å²) in [4.78, 5) is 0. The Morgan fingerprint density at radius 2 is 2.27 bits per heavy atom. The van der Waals surface area contributed by atoms with Crippen LogP contribution in [0.5, 0.6) is 0 Å². The first-order valence-corrected chi connectivity index (χ1v) is 6.69. The van der Waals surface area contributed by atoms with E-state index in [9.17, 15) is 0 Å². The second-order valence-corrected chi connectivity index (χ2v) is 5.33. The second kappa shape index (κ2) is 5.01. The first-order chi connectivity index (χ1) is 7.33. The van der Waals surface area contributed by atoms with Crippen LogP contribution in [-0.2, 0) is 0 Å². The van der Waals surface area contributed by atoms with Gasteiger partial charge >= 0.3 is 0 Å². The predicted octanol–water partition coefficient (Wildman–Crippen LogP) is 4.73. The molecule has 0 bridgehead atoms. The van der Waals surface area contributed by atoms with Crippen molar-refractivity contribution < 1.29 is 0 Å². The minimum absolute atomic E-state index is 0.904. The molecule has 84 valence electrons. The quantitative estimate of drug-likeness (QED) is 0.623. The molecular formula is C15H24. The van der Waals surface area contributed by atoms with Crippen molar-refractivity contribution >= 4 is 0 Å². The van der Waals surface area contributed by atoms with Crippen molar-refractivity contribution in [1.82, 2.24) is 0 Å². The minimum Gasteiger partial charge on any atom is -0.0845 e. The zero-order valence-electron chi connectivity index (χ0n) is 10.2. The number of allylic oxidation sites excluding steroid dienone is 4. The van der Waals surface area contributed by atoms with E-state index in [2.05, 4.69) is 32.1 Å². The third-order valence-corrected chi connectivity index (χ3v) is 4.22. The highest BCUT2D eigenvalue weighted by Crippen LogP contribution is 2.46. The molecule has 2 rings (SSSR count). The molecule has 0 aromatic heterocycles. The summed E-state index contributed by atoms with van der Waals surface area (Å²) in [5, 5.41) is 0. The summed E-state index contributed by atoms with van der Waals surface area (Å²) in [7, 11) is 0. The standard InChI is InChI=1S/C15H24/c1-3-4-8-13-11-12(2)14-9-6-5-7-10-15(13)14/h5,7,10,12-14H,3-4,6,8-9,11H2,1-2H3. The third-order valence-electron chi connectivity index (χ3n) is 4.22. The normalized spacial score (nSPS) is 34.8. The van der Waals surface area contributed by atoms with Crippen LogP contribution in [0.25, 0.3) is 0 Å². The van der Waals surface area contributed by atoms with E-state index >= 15 is 0 Å². The van der Waals surface area contributed by atoms with Crippen molar-refractivity contribution in [2.24, 2.45) is 17.8 Å². The van der Waals surface area contributed by atoms with Gasteiger partial charge in [0.15, 0.2) is 0 Å². The molecular weight excluding hydrogens is 180 g/mol. The molecule has 3 unspecified atom stereocenters. The van der Waals surface area contributed by atoms with Crippen LogP contribution in [0.2, 0.25) is 0 Å². The SMILES string of the molecule is CCCCC1CC(C)C2CCC=CC=C12. The van der Waals surface area contributed by atoms with E-state index in [0.717, 1.165) is 17.8 Å². The van der Waals surface area contributed by atoms with Crippen LogP contribution in [0.3, 0.4) is 0 Å². The summed E-state index contributed by atoms with van der Waals surface area (Å²) in [5.74, 6) is 2.74. The number of rotatable bonds is 3. The van der Waals surface area contributed by atoms with E-state index in [1.54, 1.807) is 5.57 Å². The van der Waals surface area contributed by atoms with E-state index in [-0.39, 0.29) is 0 Å². The first kappa shape index (κ1) is 11.0. The van der Waals surface area contributed by atoms with Crippen LogP contribution in [0.1, 0.15) is 52.4 Å². The predicted molar refractivity (Wildman–Crippen MR) is 66.7 cm³/mol. The number of fused-ring (bicyclic) bond motifs is 1. The lowest BCUT2D eigenvalue weighted by Crippen LogP contribution is -2.05. The fourth-order valence-electron chi connectivity index (χ4n) is 3.38. The van der Waals surface area contributed by atoms with Crippen molar-refractivity contribution in [2.75, 3.05) is 0 Å². The Kier molecular flexibility index (Phi) is 3.66. The van der Waals surface area contributed by atoms with Gasteiger partial charge in [-0.15, -0.1) is 0 Å². The third kappa shape index (κ3) is 2.35. The maximum atomic E-state index is 2.45. The Morgan fingerprint density at radius 1 is 1.40 bits per heavy atom. The smallest absolute Gasteiger partial charge is 0.0168 e. The molecule has 0 aliphatic heterocycles. The average Bonchev–Trinajstić information content (AvgIpc) is 2.45. The fourth-order valence-corrected chi connectivity index (χ4v) is 3.38. The summed E-state index contributed by atoms with van der Waals surface area (Å²) in [6.45, 7) is 4.76. The van der Waals surface area contributed by atoms with E-state index < -0.39 is 0 Å². The van der Waals surface area contributed by atoms with Gasteiger partial charge in [0.1, 0.15) is 0 Å². The maximum absolute atomic E-state index is 2.45. The van der Waals surface area contributed by atoms with Gasteiger partial charge < -0.3 is 0 Å². The Balaban J connectivity index is 2.07. The topological polar surface area (TPSA) is 0 Å². The molecule has 0 aromatic carbocycles. The number of hydrogen-bond donors (Lipinski definition) is 0. The largest absolute Gasteiger partial charge is 0.0845 e. The lowest BCUT2D eigenvalue weighted by molar-refractivity contribution is 0.423. The zero-order chi connectivity index (χ0) is 10.7. The first-order valence-electron chi connectivity index (χ1n) is 6.69. The van der Waals surface area contributed by atoms with Crippen molar-refractivity contribution in [3.8, 4) is 0 Å². The second-order valence-electron chi connectivity index (χ2n) is 5.33. The van der Waals surface area contributed by atoms with Crippen molar-refractivity contribution in [3.63, 3.8) is 0 Å². The van der Waals surface area contributed by atoms with Crippen LogP contribution in [-0.4, -0.2) is 0 Å². The minimum atomic E-state index is 0.904. The molecule has 2 aliphatic rings. The van der Waals surface area contributed by atoms with Crippen LogP contribution in [0, 0.1) is 17.8 Å². The van der Waals surface area contributed by atoms with Gasteiger partial charge in [-0.3, -0.25) is 0 Å². The molecule has 1 saturated carbocycles. The summed E-state index contributed by atoms with van der Waals surface area (Å²) >= 11 is 0. The Hall–Kier alpha value is -0.520. The van der Waals surface area contributed by atoms with Gasteiger partial charge in [0.2, 0.25) is 0 Å². The van der Waals surface area contributed by atoms with Crippen LogP contribution >= 0.6 is 0 Å². The molecule has 15 heavy (non-hydrogen) atoms. The molecule has 0 nitrogen and oxygen atoms in total. The van der Waals surface area contributed by atoms with E-state index in [4.69, 9.17) is 0 Å². The summed E-state index contributed by atoms with van der Waals surface area (Å²) in [6, 6.07) is 0. The molecule has 0 spiro atoms. The lowest BCUT2D eigenvalue weighted by atomic mass is 9.89. The van der Waals surface area contributed by atoms with Crippen LogP contribution in [0.4, 0.5) is 0 Å². The summed E-state index contributed by atoms with van der Waals surface area (Å²) < 4.78 is 0. The highest BCUT2D eigenvalue weighted by molar-refractivity contribution is 5.24. The van der Waals surface area contributed by atoms with Gasteiger partial charge in [-0.2, -0.15) is 0 Å². The van der Waals surface area contributed by atoms with Gasteiger partial charge in [0.25, 0.3) is 0 Å². The molecule has 0 N–H and O–H groups in total. The average molecular weight is 204 g/mol. The molecule has 3 atom stereocenters. The molecule has 0 heterocycles. The van der Waals surface area contributed by atoms with Gasteiger partial charge in [-0.1, -0.05) is 50.5 Å². The number of unbranched alkanes of at least 4 members (excludes halogenated alkanes) is 1. The zero-order valence-corrected chi connectivity index (χ0v) is 10.2. The van der Waals surface area contributed by atoms with Gasteiger partial charge in [0, 0.05) is 0 Å². The van der Waals surface area contributed by atoms with Gasteiger partial charge in [0.05, 0.1) is 0 Å². The molecule has 0 heteroatoms. The van der Waals surface area contributed by atoms with Crippen molar-refractivity contribution in [3.05, 3.63) is 23.8 Å². The molecule has 0 amide bonds. The van der Waals surface area contributed by atoms with Crippen molar-refractivity contribution in [2.45, 2.75) is 52.4 Å². The Morgan fingerprint density at radius 3 is 3.07 bits per heavy atom. The number of hydrogen-bond acceptors (Lipinski definition) is 0. The Labute approximate surface area is 94.5 Å². The molecule has 0 saturated heterocycles. The molecule has 1 fully saturated rings. The molecule has 0 radical (unpaired) electrons. The van der Waals surface area contributed by atoms with Gasteiger partial charge in [-0.05, 0) is 43.4 Å². The van der Waals surface area contributed by atoms with Crippen LogP contribution in [0.15, 0.2) is 23.8 Å². The Bertz CT molecular complexity index is 259. The van der Waals surface area contributed by atoms with Crippen LogP contribution < -0.4 is 0 Å². The molecule has 0 aromatic rings. The highest BCUT2D eigenvalue weighted by Gasteiger charge is 2.34. The highest BCUT2D eigenvalue weighted by atomic mass is 14.4. The van der Waals surface area contributed by atoms with E-state index in [1.165, 1.54) is 38.5 Å². The van der Waals surface area contributed by atoms with Crippen molar-refractivity contribution in [1.29, 1.82) is 0 Å². The monoisotopic (exact) mass is 204 g/mol. The van der Waals surface area contributed by atoms with E-state index in [0.29, 0.717) is 0 Å². The molecule has 2 aliphatic carbocycles. The lowest BCUT2D eigenvalue weighted by Gasteiger charge is -2.16. The summed E-state index contributed by atoms with van der Waals surface area (Å²) in [5.41, 5.74) is 1.78. The van der Waals surface area contributed by atoms with E-state index in [1.807, 2.05) is 0 Å². The summed E-state index contributed by atoms with van der Waals surface area (Å²) in [6.07, 6.45) is 15.4. The maximum Gasteiger partial charge on any atom is -0.0168 e. The fraction of sp³-hybridized carbons (Fsp3) is 0.733. The van der Waals surface area contributed by atoms with Gasteiger partial charge in [-0.25, -0.2) is 0 Å².